The van der Waals surface area contributed by atoms with Gasteiger partial charge in [0.1, 0.15) is 0 Å². The molecular weight excluding hydrogens is 240 g/mol. The van der Waals surface area contributed by atoms with Gasteiger partial charge in [-0.2, -0.15) is 0 Å². The van der Waals surface area contributed by atoms with Crippen LogP contribution in [-0.4, -0.2) is 18.9 Å². The lowest BCUT2D eigenvalue weighted by Gasteiger charge is -2.17. The van der Waals surface area contributed by atoms with Crippen LogP contribution < -0.4 is 10.6 Å². The number of carbonyl (C=O) groups excluding carboxylic acids is 2. The third-order valence-electron chi connectivity index (χ3n) is 3.26. The lowest BCUT2D eigenvalue weighted by Crippen LogP contribution is -2.24. The van der Waals surface area contributed by atoms with Crippen LogP contribution in [0.3, 0.4) is 0 Å². The first-order chi connectivity index (χ1) is 9.20. The molecule has 0 spiro atoms. The van der Waals surface area contributed by atoms with Gasteiger partial charge in [-0.1, -0.05) is 18.2 Å². The molecule has 0 heterocycles. The smallest absolute Gasteiger partial charge is 0.251 e. The largest absolute Gasteiger partial charge is 0.355 e. The average Bonchev–Trinajstić information content (AvgIpc) is 2.47. The van der Waals surface area contributed by atoms with E-state index < -0.39 is 0 Å². The molecule has 0 aromatic heterocycles. The zero-order valence-corrected chi connectivity index (χ0v) is 11.0. The Morgan fingerprint density at radius 2 is 2.11 bits per heavy atom. The van der Waals surface area contributed by atoms with Crippen molar-refractivity contribution in [3.05, 3.63) is 42.0 Å². The van der Waals surface area contributed by atoms with Gasteiger partial charge >= 0.3 is 0 Å². The lowest BCUT2D eigenvalue weighted by molar-refractivity contribution is -0.120. The second-order valence-corrected chi connectivity index (χ2v) is 4.63. The van der Waals surface area contributed by atoms with Gasteiger partial charge in [0.15, 0.2) is 0 Å². The molecule has 4 heteroatoms. The van der Waals surface area contributed by atoms with Crippen LogP contribution >= 0.6 is 0 Å². The minimum atomic E-state index is -0.156. The fourth-order valence-electron chi connectivity index (χ4n) is 2.16. The van der Waals surface area contributed by atoms with Crippen LogP contribution in [0.4, 0.5) is 5.69 Å². The van der Waals surface area contributed by atoms with E-state index in [0.29, 0.717) is 11.3 Å². The van der Waals surface area contributed by atoms with E-state index in [4.69, 9.17) is 0 Å². The Labute approximate surface area is 112 Å². The number of benzene rings is 1. The first-order valence-electron chi connectivity index (χ1n) is 6.48. The summed E-state index contributed by atoms with van der Waals surface area (Å²) in [4.78, 5) is 23.6. The van der Waals surface area contributed by atoms with E-state index in [-0.39, 0.29) is 17.7 Å². The van der Waals surface area contributed by atoms with E-state index in [1.54, 1.807) is 31.3 Å². The highest BCUT2D eigenvalue weighted by Crippen LogP contribution is 2.20. The number of amides is 2. The Hall–Kier alpha value is -2.10. The maximum atomic E-state index is 12.1. The van der Waals surface area contributed by atoms with Crippen molar-refractivity contribution in [2.24, 2.45) is 5.92 Å². The van der Waals surface area contributed by atoms with Crippen molar-refractivity contribution in [1.82, 2.24) is 5.32 Å². The number of nitrogens with one attached hydrogen (secondary N) is 2. The van der Waals surface area contributed by atoms with Gasteiger partial charge in [0.2, 0.25) is 5.91 Å². The second kappa shape index (κ2) is 6.18. The first-order valence-corrected chi connectivity index (χ1v) is 6.48. The molecular formula is C15H18N2O2. The molecule has 1 aliphatic carbocycles. The summed E-state index contributed by atoms with van der Waals surface area (Å²) in [6, 6.07) is 6.97. The molecule has 0 saturated carbocycles. The van der Waals surface area contributed by atoms with Crippen LogP contribution in [0.2, 0.25) is 0 Å². The first kappa shape index (κ1) is 13.3. The highest BCUT2D eigenvalue weighted by molar-refractivity contribution is 5.97. The van der Waals surface area contributed by atoms with Gasteiger partial charge in [-0.15, -0.1) is 0 Å². The maximum Gasteiger partial charge on any atom is 0.251 e. The molecule has 2 rings (SSSR count). The quantitative estimate of drug-likeness (QED) is 0.818. The summed E-state index contributed by atoms with van der Waals surface area (Å²) in [6.07, 6.45) is 6.79. The van der Waals surface area contributed by atoms with Gasteiger partial charge < -0.3 is 10.6 Å². The second-order valence-electron chi connectivity index (χ2n) is 4.63. The van der Waals surface area contributed by atoms with Crippen LogP contribution in [-0.2, 0) is 4.79 Å². The summed E-state index contributed by atoms with van der Waals surface area (Å²) in [7, 11) is 1.59. The van der Waals surface area contributed by atoms with Crippen molar-refractivity contribution < 1.29 is 9.59 Å². The van der Waals surface area contributed by atoms with E-state index in [0.717, 1.165) is 19.3 Å². The molecule has 1 aromatic rings. The van der Waals surface area contributed by atoms with Crippen LogP contribution in [0.1, 0.15) is 29.6 Å². The number of carbonyl (C=O) groups is 2. The molecule has 0 aliphatic heterocycles. The van der Waals surface area contributed by atoms with Gasteiger partial charge in [-0.25, -0.2) is 0 Å². The Morgan fingerprint density at radius 1 is 1.26 bits per heavy atom. The van der Waals surface area contributed by atoms with E-state index in [1.807, 2.05) is 0 Å². The summed E-state index contributed by atoms with van der Waals surface area (Å²) in [5.74, 6) is -0.0937. The zero-order valence-electron chi connectivity index (χ0n) is 11.0. The Morgan fingerprint density at radius 3 is 2.79 bits per heavy atom. The summed E-state index contributed by atoms with van der Waals surface area (Å²) in [5, 5.41) is 5.44. The lowest BCUT2D eigenvalue weighted by atomic mass is 9.93. The number of hydrogen-bond donors (Lipinski definition) is 2. The van der Waals surface area contributed by atoms with Crippen molar-refractivity contribution >= 4 is 17.5 Å². The Kier molecular flexibility index (Phi) is 4.34. The van der Waals surface area contributed by atoms with Crippen LogP contribution in [0.15, 0.2) is 36.4 Å². The Balaban J connectivity index is 2.04. The van der Waals surface area contributed by atoms with Crippen LogP contribution in [0.5, 0.6) is 0 Å². The predicted molar refractivity (Wildman–Crippen MR) is 74.9 cm³/mol. The van der Waals surface area contributed by atoms with Crippen molar-refractivity contribution in [2.45, 2.75) is 19.3 Å². The van der Waals surface area contributed by atoms with Gasteiger partial charge in [-0.3, -0.25) is 9.59 Å². The third-order valence-corrected chi connectivity index (χ3v) is 3.26. The monoisotopic (exact) mass is 258 g/mol. The zero-order chi connectivity index (χ0) is 13.7. The molecule has 0 fully saturated rings. The number of anilines is 1. The molecule has 4 nitrogen and oxygen atoms in total. The molecule has 2 N–H and O–H groups in total. The average molecular weight is 258 g/mol. The Bertz CT molecular complexity index is 509. The van der Waals surface area contributed by atoms with Crippen molar-refractivity contribution in [1.29, 1.82) is 0 Å². The molecule has 2 amide bonds. The van der Waals surface area contributed by atoms with Crippen molar-refractivity contribution in [2.75, 3.05) is 12.4 Å². The molecule has 1 atom stereocenters. The highest BCUT2D eigenvalue weighted by Gasteiger charge is 2.18. The SMILES string of the molecule is CNC(=O)c1cccc(NC(=O)C2CC=CCC2)c1. The summed E-state index contributed by atoms with van der Waals surface area (Å²) in [5.41, 5.74) is 1.21. The molecule has 19 heavy (non-hydrogen) atoms. The van der Waals surface area contributed by atoms with E-state index in [9.17, 15) is 9.59 Å². The minimum Gasteiger partial charge on any atom is -0.355 e. The normalized spacial score (nSPS) is 17.8. The molecule has 1 aliphatic rings. The highest BCUT2D eigenvalue weighted by atomic mass is 16.2. The van der Waals surface area contributed by atoms with E-state index in [2.05, 4.69) is 22.8 Å². The van der Waals surface area contributed by atoms with Crippen LogP contribution in [0, 0.1) is 5.92 Å². The summed E-state index contributed by atoms with van der Waals surface area (Å²) < 4.78 is 0. The molecule has 1 unspecified atom stereocenters. The molecule has 0 bridgehead atoms. The van der Waals surface area contributed by atoms with Crippen molar-refractivity contribution in [3.63, 3.8) is 0 Å². The third kappa shape index (κ3) is 3.44. The minimum absolute atomic E-state index is 0.0263. The van der Waals surface area contributed by atoms with Crippen molar-refractivity contribution in [3.8, 4) is 0 Å². The molecule has 100 valence electrons. The number of allylic oxidation sites excluding steroid dienone is 2. The number of rotatable bonds is 3. The van der Waals surface area contributed by atoms with Gasteiger partial charge in [-0.05, 0) is 37.5 Å². The maximum absolute atomic E-state index is 12.1. The number of hydrogen-bond acceptors (Lipinski definition) is 2. The van der Waals surface area contributed by atoms with Crippen LogP contribution in [0.25, 0.3) is 0 Å². The van der Waals surface area contributed by atoms with Gasteiger partial charge in [0, 0.05) is 24.2 Å². The van der Waals surface area contributed by atoms with E-state index in [1.165, 1.54) is 0 Å². The summed E-state index contributed by atoms with van der Waals surface area (Å²) >= 11 is 0. The summed E-state index contributed by atoms with van der Waals surface area (Å²) in [6.45, 7) is 0. The molecule has 0 radical (unpaired) electrons. The van der Waals surface area contributed by atoms with Gasteiger partial charge in [0.05, 0.1) is 0 Å². The molecule has 1 aromatic carbocycles. The van der Waals surface area contributed by atoms with Gasteiger partial charge in [0.25, 0.3) is 5.91 Å². The fraction of sp³-hybridized carbons (Fsp3) is 0.333. The van der Waals surface area contributed by atoms with E-state index >= 15 is 0 Å². The fourth-order valence-corrected chi connectivity index (χ4v) is 2.16. The standard InChI is InChI=1S/C15H18N2O2/c1-16-14(18)12-8-5-9-13(10-12)17-15(19)11-6-3-2-4-7-11/h2-3,5,8-11H,4,6-7H2,1H3,(H,16,18)(H,17,19). The topological polar surface area (TPSA) is 58.2 Å². The molecule has 0 saturated heterocycles. The predicted octanol–water partition coefficient (Wildman–Crippen LogP) is 2.34.